The zero-order valence-electron chi connectivity index (χ0n) is 16.5. The van der Waals surface area contributed by atoms with E-state index in [4.69, 9.17) is 23.2 Å². The summed E-state index contributed by atoms with van der Waals surface area (Å²) in [5.74, 6) is 6.29. The topological polar surface area (TPSA) is 84.7 Å². The highest BCUT2D eigenvalue weighted by atomic mass is 35.5. The highest BCUT2D eigenvalue weighted by Gasteiger charge is 2.22. The van der Waals surface area contributed by atoms with Gasteiger partial charge in [-0.05, 0) is 55.2 Å². The number of aliphatic imine (C=N–C) groups is 1. The maximum atomic E-state index is 12.5. The summed E-state index contributed by atoms with van der Waals surface area (Å²) in [5, 5.41) is 6.46. The first kappa shape index (κ1) is 25.2. The highest BCUT2D eigenvalue weighted by molar-refractivity contribution is 8.01. The minimum Gasteiger partial charge on any atom is -0.388 e. The molecule has 5 nitrogen and oxygen atoms in total. The van der Waals surface area contributed by atoms with Crippen LogP contribution in [-0.2, 0) is 10.8 Å². The summed E-state index contributed by atoms with van der Waals surface area (Å²) in [5.41, 5.74) is 6.91. The molecule has 0 bridgehead atoms. The Bertz CT molecular complexity index is 918. The van der Waals surface area contributed by atoms with Gasteiger partial charge in [0.05, 0.1) is 0 Å². The first-order valence-electron chi connectivity index (χ1n) is 8.45. The maximum absolute atomic E-state index is 12.5. The summed E-state index contributed by atoms with van der Waals surface area (Å²) in [4.78, 5) is 4.71. The van der Waals surface area contributed by atoms with Gasteiger partial charge >= 0.3 is 0 Å². The van der Waals surface area contributed by atoms with E-state index in [2.05, 4.69) is 11.6 Å². The number of thiophene rings is 1. The van der Waals surface area contributed by atoms with Crippen molar-refractivity contribution in [3.05, 3.63) is 81.3 Å². The van der Waals surface area contributed by atoms with Gasteiger partial charge in [0.2, 0.25) is 0 Å². The normalized spacial score (nSPS) is 14.9. The fourth-order valence-corrected chi connectivity index (χ4v) is 3.93. The predicted molar refractivity (Wildman–Crippen MR) is 132 cm³/mol. The van der Waals surface area contributed by atoms with Gasteiger partial charge in [0.15, 0.2) is 5.82 Å². The zero-order chi connectivity index (χ0) is 21.8. The Morgan fingerprint density at radius 2 is 2.00 bits per heavy atom. The van der Waals surface area contributed by atoms with Gasteiger partial charge < -0.3 is 5.73 Å². The number of allylic oxidation sites excluding steroid dienone is 2. The van der Waals surface area contributed by atoms with Gasteiger partial charge in [-0.15, -0.1) is 23.1 Å². The number of hydrazine groups is 1. The molecule has 1 aromatic carbocycles. The lowest BCUT2D eigenvalue weighted by molar-refractivity contribution is 0.685. The van der Waals surface area contributed by atoms with E-state index in [1.807, 2.05) is 43.7 Å². The molecule has 1 aliphatic heterocycles. The lowest BCUT2D eigenvalue weighted by Gasteiger charge is -2.22. The average Bonchev–Trinajstić information content (AvgIpc) is 3.23. The van der Waals surface area contributed by atoms with E-state index in [9.17, 15) is 4.21 Å². The van der Waals surface area contributed by atoms with Gasteiger partial charge in [0.25, 0.3) is 0 Å². The van der Waals surface area contributed by atoms with Crippen LogP contribution in [0.3, 0.4) is 0 Å². The number of hydrogen-bond acceptors (Lipinski definition) is 7. The molecule has 1 atom stereocenters. The van der Waals surface area contributed by atoms with Crippen LogP contribution >= 0.6 is 34.7 Å². The van der Waals surface area contributed by atoms with Crippen LogP contribution in [0, 0.1) is 0 Å². The second kappa shape index (κ2) is 13.4. The average molecular weight is 469 g/mol. The molecule has 3 rings (SSSR count). The number of benzene rings is 1. The minimum absolute atomic E-state index is 0.0927. The second-order valence-electron chi connectivity index (χ2n) is 5.29. The Kier molecular flexibility index (Phi) is 11.6. The van der Waals surface area contributed by atoms with Crippen LogP contribution < -0.4 is 16.6 Å². The molecule has 0 saturated carbocycles. The Balaban J connectivity index is 0.000000452. The van der Waals surface area contributed by atoms with Crippen molar-refractivity contribution in [2.75, 3.05) is 11.3 Å². The molecule has 0 spiro atoms. The van der Waals surface area contributed by atoms with Crippen LogP contribution in [0.15, 0.2) is 80.6 Å². The predicted octanol–water partition coefficient (Wildman–Crippen LogP) is 5.48. The van der Waals surface area contributed by atoms with E-state index in [1.165, 1.54) is 16.3 Å². The Hall–Kier alpha value is -1.84. The van der Waals surface area contributed by atoms with Crippen molar-refractivity contribution < 1.29 is 4.21 Å². The Labute approximate surface area is 188 Å². The maximum Gasteiger partial charge on any atom is 0.181 e. The Morgan fingerprint density at radius 3 is 2.55 bits per heavy atom. The minimum atomic E-state index is -1.58. The molecule has 0 aliphatic carbocycles. The largest absolute Gasteiger partial charge is 0.388 e. The molecule has 1 aliphatic rings. The van der Waals surface area contributed by atoms with Crippen molar-refractivity contribution in [2.24, 2.45) is 16.6 Å². The molecule has 9 heteroatoms. The van der Waals surface area contributed by atoms with E-state index >= 15 is 0 Å². The number of thioether (sulfide) groups is 1. The summed E-state index contributed by atoms with van der Waals surface area (Å²) >= 11 is 8.99. The zero-order valence-corrected chi connectivity index (χ0v) is 19.7. The first-order chi connectivity index (χ1) is 13.9. The molecular formula is C20H25ClN4OS3. The van der Waals surface area contributed by atoms with Gasteiger partial charge in [-0.1, -0.05) is 36.4 Å². The third kappa shape index (κ3) is 7.49. The monoisotopic (exact) mass is 468 g/mol. The number of fused-ring (bicyclic) bond motifs is 1. The van der Waals surface area contributed by atoms with Crippen LogP contribution in [-0.4, -0.2) is 16.7 Å². The van der Waals surface area contributed by atoms with E-state index in [0.717, 1.165) is 10.6 Å². The van der Waals surface area contributed by atoms with Gasteiger partial charge in [-0.25, -0.2) is 20.1 Å². The van der Waals surface area contributed by atoms with Crippen LogP contribution in [0.1, 0.15) is 19.4 Å². The van der Waals surface area contributed by atoms with Crippen molar-refractivity contribution in [2.45, 2.75) is 18.7 Å². The number of nitrogens with zero attached hydrogens (tertiary/aromatic N) is 2. The first-order valence-corrected chi connectivity index (χ1v) is 12.1. The van der Waals surface area contributed by atoms with Crippen molar-refractivity contribution in [1.82, 2.24) is 0 Å². The third-order valence-electron chi connectivity index (χ3n) is 3.38. The van der Waals surface area contributed by atoms with Crippen molar-refractivity contribution in [3.8, 4) is 0 Å². The van der Waals surface area contributed by atoms with Crippen molar-refractivity contribution in [3.63, 3.8) is 0 Å². The SMILES string of the molecule is C/C=C\C.C=CSC.N/C(=C1/N=Cc2ccsc2N1N)S(=O)c1cccc(Cl)c1. The molecular weight excluding hydrogens is 444 g/mol. The summed E-state index contributed by atoms with van der Waals surface area (Å²) in [6, 6.07) is 8.63. The summed E-state index contributed by atoms with van der Waals surface area (Å²) in [6.07, 6.45) is 7.64. The fourth-order valence-electron chi connectivity index (χ4n) is 1.87. The van der Waals surface area contributed by atoms with E-state index < -0.39 is 10.8 Å². The van der Waals surface area contributed by atoms with Crippen molar-refractivity contribution in [1.29, 1.82) is 0 Å². The van der Waals surface area contributed by atoms with Gasteiger partial charge in [-0.3, -0.25) is 0 Å². The number of halogens is 1. The molecule has 1 unspecified atom stereocenters. The number of hydrogen-bond donors (Lipinski definition) is 2. The van der Waals surface area contributed by atoms with Crippen molar-refractivity contribution >= 4 is 56.7 Å². The smallest absolute Gasteiger partial charge is 0.181 e. The quantitative estimate of drug-likeness (QED) is 0.460. The van der Waals surface area contributed by atoms with Crippen LogP contribution in [0.4, 0.5) is 5.00 Å². The van der Waals surface area contributed by atoms with Gasteiger partial charge in [-0.2, -0.15) is 0 Å². The summed E-state index contributed by atoms with van der Waals surface area (Å²) < 4.78 is 12.5. The highest BCUT2D eigenvalue weighted by Crippen LogP contribution is 2.32. The molecule has 0 radical (unpaired) electrons. The number of nitrogens with two attached hydrogens (primary N) is 2. The molecule has 4 N–H and O–H groups in total. The van der Waals surface area contributed by atoms with Crippen LogP contribution in [0.25, 0.3) is 0 Å². The molecule has 0 fully saturated rings. The van der Waals surface area contributed by atoms with Gasteiger partial charge in [0.1, 0.15) is 20.8 Å². The van der Waals surface area contributed by atoms with E-state index in [0.29, 0.717) is 9.92 Å². The van der Waals surface area contributed by atoms with E-state index in [-0.39, 0.29) is 10.9 Å². The molecule has 1 aromatic heterocycles. The molecule has 0 amide bonds. The molecule has 0 saturated heterocycles. The summed E-state index contributed by atoms with van der Waals surface area (Å²) in [7, 11) is -1.58. The second-order valence-corrected chi connectivity index (χ2v) is 8.88. The summed E-state index contributed by atoms with van der Waals surface area (Å²) in [6.45, 7) is 7.44. The number of rotatable bonds is 3. The lowest BCUT2D eigenvalue weighted by atomic mass is 10.3. The van der Waals surface area contributed by atoms with E-state index in [1.54, 1.807) is 47.7 Å². The fraction of sp³-hybridized carbons (Fsp3) is 0.150. The molecule has 29 heavy (non-hydrogen) atoms. The Morgan fingerprint density at radius 1 is 1.34 bits per heavy atom. The standard InChI is InChI=1S/C13H11ClN4OS2.C4H8.C3H6S/c14-9-2-1-3-10(6-9)21(19)11(15)12-17-7-8-4-5-20-13(8)18(12)16;2*1-3-4-2/h1-7H,15-16H2;3-4H,1-2H3;3H,1H2,2H3/b12-11+;4-3-;. The lowest BCUT2D eigenvalue weighted by Crippen LogP contribution is -2.34. The third-order valence-corrected chi connectivity index (χ3v) is 6.14. The van der Waals surface area contributed by atoms with Crippen LogP contribution in [0.5, 0.6) is 0 Å². The molecule has 2 heterocycles. The van der Waals surface area contributed by atoms with Gasteiger partial charge in [0, 0.05) is 21.7 Å². The molecule has 2 aromatic rings. The molecule has 156 valence electrons. The number of anilines is 1. The van der Waals surface area contributed by atoms with Crippen LogP contribution in [0.2, 0.25) is 5.02 Å².